The number of fused-ring (bicyclic) bond motifs is 1. The highest BCUT2D eigenvalue weighted by molar-refractivity contribution is 9.10. The van der Waals surface area contributed by atoms with E-state index in [1.54, 1.807) is 35.4 Å². The molecule has 2 aromatic heterocycles. The molecule has 0 spiro atoms. The molecule has 1 N–H and O–H groups in total. The highest BCUT2D eigenvalue weighted by Gasteiger charge is 2.22. The smallest absolute Gasteiger partial charge is 0.262 e. The van der Waals surface area contributed by atoms with Gasteiger partial charge in [0.2, 0.25) is 5.91 Å². The second-order valence-corrected chi connectivity index (χ2v) is 9.15. The molecular formula is C20H24BrN5O3S. The quantitative estimate of drug-likeness (QED) is 0.401. The molecule has 0 saturated heterocycles. The third-order valence-corrected chi connectivity index (χ3v) is 6.39. The number of carbonyl (C=O) groups is 1. The van der Waals surface area contributed by atoms with Crippen LogP contribution in [-0.2, 0) is 23.1 Å². The molecule has 0 bridgehead atoms. The van der Waals surface area contributed by atoms with Gasteiger partial charge in [-0.25, -0.2) is 4.98 Å². The van der Waals surface area contributed by atoms with E-state index in [1.807, 2.05) is 27.0 Å². The van der Waals surface area contributed by atoms with Gasteiger partial charge in [0.05, 0.1) is 46.4 Å². The molecule has 10 heteroatoms. The number of aromatic nitrogens is 4. The molecule has 0 radical (unpaired) electrons. The van der Waals surface area contributed by atoms with E-state index >= 15 is 0 Å². The predicted molar refractivity (Wildman–Crippen MR) is 122 cm³/mol. The average Bonchev–Trinajstić information content (AvgIpc) is 2.94. The van der Waals surface area contributed by atoms with Gasteiger partial charge in [-0.15, -0.1) is 0 Å². The van der Waals surface area contributed by atoms with Gasteiger partial charge in [0.25, 0.3) is 5.56 Å². The van der Waals surface area contributed by atoms with E-state index in [0.29, 0.717) is 34.9 Å². The van der Waals surface area contributed by atoms with E-state index in [1.165, 1.54) is 11.8 Å². The van der Waals surface area contributed by atoms with Crippen LogP contribution in [0, 0.1) is 13.8 Å². The summed E-state index contributed by atoms with van der Waals surface area (Å²) < 4.78 is 9.26. The number of nitrogens with one attached hydrogen (secondary N) is 1. The lowest BCUT2D eigenvalue weighted by Crippen LogP contribution is -2.28. The average molecular weight is 494 g/mol. The predicted octanol–water partition coefficient (Wildman–Crippen LogP) is 3.28. The SMILES string of the molecule is COCCn1c(SC(C)C(=O)Nc2c(C)nn(C)c2C)nc2ccc(Br)cc2c1=O. The van der Waals surface area contributed by atoms with Gasteiger partial charge in [0.1, 0.15) is 0 Å². The molecule has 0 fully saturated rings. The van der Waals surface area contributed by atoms with Crippen LogP contribution in [-0.4, -0.2) is 44.2 Å². The molecule has 160 valence electrons. The fraction of sp³-hybridized carbons (Fsp3) is 0.400. The van der Waals surface area contributed by atoms with Gasteiger partial charge in [0, 0.05) is 18.6 Å². The van der Waals surface area contributed by atoms with E-state index < -0.39 is 5.25 Å². The first-order valence-corrected chi connectivity index (χ1v) is 11.1. The van der Waals surface area contributed by atoms with Gasteiger partial charge < -0.3 is 10.1 Å². The van der Waals surface area contributed by atoms with Crippen molar-refractivity contribution in [3.63, 3.8) is 0 Å². The Morgan fingerprint density at radius 1 is 1.37 bits per heavy atom. The van der Waals surface area contributed by atoms with E-state index in [0.717, 1.165) is 15.9 Å². The van der Waals surface area contributed by atoms with E-state index in [-0.39, 0.29) is 11.5 Å². The molecule has 1 aromatic carbocycles. The number of amides is 1. The minimum Gasteiger partial charge on any atom is -0.383 e. The Morgan fingerprint density at radius 2 is 2.10 bits per heavy atom. The maximum Gasteiger partial charge on any atom is 0.262 e. The van der Waals surface area contributed by atoms with Crippen LogP contribution in [0.4, 0.5) is 5.69 Å². The second kappa shape index (κ2) is 9.32. The fourth-order valence-electron chi connectivity index (χ4n) is 3.03. The van der Waals surface area contributed by atoms with Crippen molar-refractivity contribution in [1.82, 2.24) is 19.3 Å². The molecule has 3 aromatic rings. The normalized spacial score (nSPS) is 12.3. The van der Waals surface area contributed by atoms with Crippen LogP contribution < -0.4 is 10.9 Å². The number of rotatable bonds is 7. The van der Waals surface area contributed by atoms with Crippen molar-refractivity contribution in [2.24, 2.45) is 7.05 Å². The lowest BCUT2D eigenvalue weighted by molar-refractivity contribution is -0.115. The molecule has 0 saturated carbocycles. The van der Waals surface area contributed by atoms with E-state index in [4.69, 9.17) is 4.74 Å². The van der Waals surface area contributed by atoms with Gasteiger partial charge in [-0.1, -0.05) is 27.7 Å². The van der Waals surface area contributed by atoms with Crippen molar-refractivity contribution in [1.29, 1.82) is 0 Å². The Labute approximate surface area is 187 Å². The highest BCUT2D eigenvalue weighted by Crippen LogP contribution is 2.26. The standard InChI is InChI=1S/C20H24BrN5O3S/c1-11-17(12(2)25(4)24-11)23-18(27)13(3)30-20-22-16-7-6-14(21)10-15(16)19(28)26(20)8-9-29-5/h6-7,10,13H,8-9H2,1-5H3,(H,23,27). The van der Waals surface area contributed by atoms with Crippen molar-refractivity contribution in [3.8, 4) is 0 Å². The Kier molecular flexibility index (Phi) is 6.99. The lowest BCUT2D eigenvalue weighted by Gasteiger charge is -2.16. The number of ether oxygens (including phenoxy) is 1. The third kappa shape index (κ3) is 4.60. The van der Waals surface area contributed by atoms with Crippen LogP contribution in [0.3, 0.4) is 0 Å². The van der Waals surface area contributed by atoms with Crippen molar-refractivity contribution in [2.75, 3.05) is 19.0 Å². The largest absolute Gasteiger partial charge is 0.383 e. The minimum atomic E-state index is -0.474. The van der Waals surface area contributed by atoms with Crippen molar-refractivity contribution < 1.29 is 9.53 Å². The number of benzene rings is 1. The van der Waals surface area contributed by atoms with Gasteiger partial charge in [0.15, 0.2) is 5.16 Å². The molecule has 0 aliphatic carbocycles. The molecule has 3 rings (SSSR count). The number of nitrogens with zero attached hydrogens (tertiary/aromatic N) is 4. The minimum absolute atomic E-state index is 0.160. The summed E-state index contributed by atoms with van der Waals surface area (Å²) in [6.07, 6.45) is 0. The fourth-order valence-corrected chi connectivity index (χ4v) is 4.33. The number of thioether (sulfide) groups is 1. The van der Waals surface area contributed by atoms with Gasteiger partial charge in [-0.2, -0.15) is 5.10 Å². The number of halogens is 1. The van der Waals surface area contributed by atoms with Crippen LogP contribution in [0.15, 0.2) is 32.6 Å². The molecule has 30 heavy (non-hydrogen) atoms. The summed E-state index contributed by atoms with van der Waals surface area (Å²) in [6.45, 7) is 6.26. The van der Waals surface area contributed by atoms with Crippen molar-refractivity contribution in [3.05, 3.63) is 44.4 Å². The first-order valence-electron chi connectivity index (χ1n) is 9.39. The lowest BCUT2D eigenvalue weighted by atomic mass is 10.2. The number of carbonyl (C=O) groups excluding carboxylic acids is 1. The zero-order valence-corrected chi connectivity index (χ0v) is 19.9. The molecule has 0 aliphatic rings. The van der Waals surface area contributed by atoms with Crippen LogP contribution in [0.2, 0.25) is 0 Å². The highest BCUT2D eigenvalue weighted by atomic mass is 79.9. The van der Waals surface area contributed by atoms with Crippen molar-refractivity contribution in [2.45, 2.75) is 37.7 Å². The summed E-state index contributed by atoms with van der Waals surface area (Å²) in [7, 11) is 3.42. The molecular weight excluding hydrogens is 470 g/mol. The Hall–Kier alpha value is -2.17. The zero-order valence-electron chi connectivity index (χ0n) is 17.5. The maximum absolute atomic E-state index is 13.1. The first-order chi connectivity index (χ1) is 14.2. The van der Waals surface area contributed by atoms with E-state index in [9.17, 15) is 9.59 Å². The molecule has 1 amide bonds. The summed E-state index contributed by atoms with van der Waals surface area (Å²) in [6, 6.07) is 5.39. The monoisotopic (exact) mass is 493 g/mol. The number of aryl methyl sites for hydroxylation is 2. The van der Waals surface area contributed by atoms with E-state index in [2.05, 4.69) is 31.3 Å². The molecule has 8 nitrogen and oxygen atoms in total. The Bertz CT molecular complexity index is 1160. The Balaban J connectivity index is 1.92. The van der Waals surface area contributed by atoms with Crippen LogP contribution in [0.1, 0.15) is 18.3 Å². The summed E-state index contributed by atoms with van der Waals surface area (Å²) >= 11 is 4.65. The second-order valence-electron chi connectivity index (χ2n) is 6.92. The van der Waals surface area contributed by atoms with Crippen LogP contribution >= 0.6 is 27.7 Å². The topological polar surface area (TPSA) is 91.0 Å². The summed E-state index contributed by atoms with van der Waals surface area (Å²) in [5, 5.41) is 7.80. The molecule has 1 unspecified atom stereocenters. The number of anilines is 1. The number of hydrogen-bond donors (Lipinski definition) is 1. The summed E-state index contributed by atoms with van der Waals surface area (Å²) in [5.74, 6) is -0.178. The zero-order chi connectivity index (χ0) is 22.0. The van der Waals surface area contributed by atoms with Crippen molar-refractivity contribution >= 4 is 50.2 Å². The summed E-state index contributed by atoms with van der Waals surface area (Å²) in [4.78, 5) is 30.5. The Morgan fingerprint density at radius 3 is 2.73 bits per heavy atom. The van der Waals surface area contributed by atoms with Gasteiger partial charge in [-0.3, -0.25) is 18.8 Å². The van der Waals surface area contributed by atoms with Crippen LogP contribution in [0.5, 0.6) is 0 Å². The molecule has 1 atom stereocenters. The van der Waals surface area contributed by atoms with Crippen LogP contribution in [0.25, 0.3) is 10.9 Å². The first kappa shape index (κ1) is 22.5. The van der Waals surface area contributed by atoms with Gasteiger partial charge in [-0.05, 0) is 39.0 Å². The number of methoxy groups -OCH3 is 1. The van der Waals surface area contributed by atoms with Gasteiger partial charge >= 0.3 is 0 Å². The molecule has 0 aliphatic heterocycles. The maximum atomic E-state index is 13.1. The summed E-state index contributed by atoms with van der Waals surface area (Å²) in [5.41, 5.74) is 2.78. The number of hydrogen-bond acceptors (Lipinski definition) is 6. The third-order valence-electron chi connectivity index (χ3n) is 4.81. The molecule has 2 heterocycles.